The molecule has 0 aliphatic carbocycles. The predicted octanol–water partition coefficient (Wildman–Crippen LogP) is 3.03. The molecule has 2 rings (SSSR count). The van der Waals surface area contributed by atoms with Crippen LogP contribution in [0.5, 0.6) is 0 Å². The van der Waals surface area contributed by atoms with Crippen LogP contribution in [0.1, 0.15) is 30.0 Å². The molecule has 0 saturated heterocycles. The molecule has 1 aromatic heterocycles. The lowest BCUT2D eigenvalue weighted by Gasteiger charge is -2.06. The summed E-state index contributed by atoms with van der Waals surface area (Å²) in [7, 11) is 0. The number of benzene rings is 1. The molecule has 0 atom stereocenters. The third-order valence-electron chi connectivity index (χ3n) is 3.30. The minimum atomic E-state index is 1.04. The molecule has 3 nitrogen and oxygen atoms in total. The summed E-state index contributed by atoms with van der Waals surface area (Å²) in [5.41, 5.74) is 5.03. The lowest BCUT2D eigenvalue weighted by molar-refractivity contribution is 0.672. The van der Waals surface area contributed by atoms with Crippen molar-refractivity contribution < 1.29 is 0 Å². The van der Waals surface area contributed by atoms with Crippen LogP contribution in [-0.2, 0) is 6.42 Å². The van der Waals surface area contributed by atoms with Gasteiger partial charge in [-0.2, -0.15) is 5.10 Å². The molecule has 3 heteroatoms. The van der Waals surface area contributed by atoms with Crippen molar-refractivity contribution in [3.63, 3.8) is 0 Å². The van der Waals surface area contributed by atoms with Gasteiger partial charge in [0.15, 0.2) is 0 Å². The van der Waals surface area contributed by atoms with Crippen LogP contribution < -0.4 is 5.32 Å². The Bertz CT molecular complexity index is 529. The van der Waals surface area contributed by atoms with Crippen LogP contribution in [0.25, 0.3) is 5.69 Å². The Morgan fingerprint density at radius 3 is 2.84 bits per heavy atom. The zero-order valence-corrected chi connectivity index (χ0v) is 12.1. The number of aromatic nitrogens is 2. The monoisotopic (exact) mass is 257 g/mol. The summed E-state index contributed by atoms with van der Waals surface area (Å²) in [5.74, 6) is 0. The largest absolute Gasteiger partial charge is 0.317 e. The van der Waals surface area contributed by atoms with Crippen molar-refractivity contribution >= 4 is 0 Å². The van der Waals surface area contributed by atoms with Gasteiger partial charge in [-0.05, 0) is 57.0 Å². The molecule has 1 heterocycles. The fourth-order valence-corrected chi connectivity index (χ4v) is 2.28. The summed E-state index contributed by atoms with van der Waals surface area (Å²) >= 11 is 0. The van der Waals surface area contributed by atoms with Crippen molar-refractivity contribution in [3.8, 4) is 5.69 Å². The van der Waals surface area contributed by atoms with Crippen LogP contribution in [0, 0.1) is 13.8 Å². The second-order valence-corrected chi connectivity index (χ2v) is 5.04. The normalized spacial score (nSPS) is 10.9. The lowest BCUT2D eigenvalue weighted by atomic mass is 10.1. The highest BCUT2D eigenvalue weighted by Crippen LogP contribution is 2.15. The maximum absolute atomic E-state index is 4.47. The van der Waals surface area contributed by atoms with Crippen LogP contribution in [0.2, 0.25) is 0 Å². The quantitative estimate of drug-likeness (QED) is 0.806. The van der Waals surface area contributed by atoms with Crippen molar-refractivity contribution in [3.05, 3.63) is 47.3 Å². The third-order valence-corrected chi connectivity index (χ3v) is 3.30. The van der Waals surface area contributed by atoms with E-state index in [9.17, 15) is 0 Å². The van der Waals surface area contributed by atoms with Crippen molar-refractivity contribution in [1.82, 2.24) is 15.1 Å². The Hall–Kier alpha value is -1.61. The first-order valence-electron chi connectivity index (χ1n) is 7.02. The van der Waals surface area contributed by atoms with Crippen molar-refractivity contribution in [2.75, 3.05) is 13.1 Å². The molecule has 0 radical (unpaired) electrons. The molecular weight excluding hydrogens is 234 g/mol. The molecule has 1 aromatic carbocycles. The number of hydrogen-bond donors (Lipinski definition) is 1. The van der Waals surface area contributed by atoms with Crippen molar-refractivity contribution in [1.29, 1.82) is 0 Å². The number of aryl methyl sites for hydroxylation is 3. The summed E-state index contributed by atoms with van der Waals surface area (Å²) in [5, 5.41) is 7.82. The Morgan fingerprint density at radius 1 is 1.26 bits per heavy atom. The second-order valence-electron chi connectivity index (χ2n) is 5.04. The predicted molar refractivity (Wildman–Crippen MR) is 79.9 cm³/mol. The van der Waals surface area contributed by atoms with E-state index in [1.807, 2.05) is 10.9 Å². The first-order valence-corrected chi connectivity index (χ1v) is 7.02. The topological polar surface area (TPSA) is 29.9 Å². The molecule has 0 amide bonds. The molecule has 0 bridgehead atoms. The maximum atomic E-state index is 4.47. The fourth-order valence-electron chi connectivity index (χ4n) is 2.28. The Kier molecular flexibility index (Phi) is 4.74. The first kappa shape index (κ1) is 13.8. The summed E-state index contributed by atoms with van der Waals surface area (Å²) in [6, 6.07) is 6.47. The molecule has 0 aliphatic rings. The molecule has 0 aliphatic heterocycles. The van der Waals surface area contributed by atoms with Gasteiger partial charge >= 0.3 is 0 Å². The average molecular weight is 257 g/mol. The number of rotatable bonds is 6. The highest BCUT2D eigenvalue weighted by atomic mass is 15.3. The van der Waals surface area contributed by atoms with Crippen molar-refractivity contribution in [2.45, 2.75) is 33.6 Å². The van der Waals surface area contributed by atoms with Gasteiger partial charge in [0, 0.05) is 6.20 Å². The van der Waals surface area contributed by atoms with Gasteiger partial charge in [0.1, 0.15) is 0 Å². The molecule has 102 valence electrons. The molecule has 1 N–H and O–H groups in total. The van der Waals surface area contributed by atoms with E-state index in [-0.39, 0.29) is 0 Å². The summed E-state index contributed by atoms with van der Waals surface area (Å²) in [6.45, 7) is 8.51. The number of nitrogens with zero attached hydrogens (tertiary/aromatic N) is 2. The molecule has 0 fully saturated rings. The van der Waals surface area contributed by atoms with Gasteiger partial charge in [0.25, 0.3) is 0 Å². The van der Waals surface area contributed by atoms with E-state index >= 15 is 0 Å². The van der Waals surface area contributed by atoms with Gasteiger partial charge in [-0.3, -0.25) is 0 Å². The number of hydrogen-bond acceptors (Lipinski definition) is 2. The Morgan fingerprint density at radius 2 is 2.11 bits per heavy atom. The van der Waals surface area contributed by atoms with E-state index in [0.717, 1.165) is 25.9 Å². The SMILES string of the molecule is CCNCCCc1cnn(-c2ccc(C)cc2C)c1. The van der Waals surface area contributed by atoms with Crippen LogP contribution in [0.4, 0.5) is 0 Å². The zero-order chi connectivity index (χ0) is 13.7. The highest BCUT2D eigenvalue weighted by molar-refractivity contribution is 5.42. The molecule has 0 unspecified atom stereocenters. The highest BCUT2D eigenvalue weighted by Gasteiger charge is 2.04. The van der Waals surface area contributed by atoms with Gasteiger partial charge in [-0.1, -0.05) is 24.6 Å². The van der Waals surface area contributed by atoms with Gasteiger partial charge in [0.2, 0.25) is 0 Å². The lowest BCUT2D eigenvalue weighted by Crippen LogP contribution is -2.14. The van der Waals surface area contributed by atoms with E-state index in [1.165, 1.54) is 22.4 Å². The summed E-state index contributed by atoms with van der Waals surface area (Å²) < 4.78 is 1.98. The minimum absolute atomic E-state index is 1.04. The molecule has 2 aromatic rings. The van der Waals surface area contributed by atoms with Crippen LogP contribution in [0.15, 0.2) is 30.6 Å². The average Bonchev–Trinajstić information content (AvgIpc) is 2.83. The zero-order valence-electron chi connectivity index (χ0n) is 12.1. The number of nitrogens with one attached hydrogen (secondary N) is 1. The summed E-state index contributed by atoms with van der Waals surface area (Å²) in [4.78, 5) is 0. The van der Waals surface area contributed by atoms with E-state index in [1.54, 1.807) is 0 Å². The third kappa shape index (κ3) is 3.67. The van der Waals surface area contributed by atoms with Gasteiger partial charge < -0.3 is 5.32 Å². The van der Waals surface area contributed by atoms with Gasteiger partial charge in [-0.25, -0.2) is 4.68 Å². The first-order chi connectivity index (χ1) is 9.20. The van der Waals surface area contributed by atoms with E-state index < -0.39 is 0 Å². The van der Waals surface area contributed by atoms with E-state index in [0.29, 0.717) is 0 Å². The fraction of sp³-hybridized carbons (Fsp3) is 0.438. The Balaban J connectivity index is 2.04. The molecule has 19 heavy (non-hydrogen) atoms. The Labute approximate surface area is 115 Å². The van der Waals surface area contributed by atoms with E-state index in [2.05, 4.69) is 55.6 Å². The van der Waals surface area contributed by atoms with Crippen LogP contribution >= 0.6 is 0 Å². The van der Waals surface area contributed by atoms with Crippen LogP contribution in [-0.4, -0.2) is 22.9 Å². The standard InChI is InChI=1S/C16H23N3/c1-4-17-9-5-6-15-11-18-19(12-15)16-8-7-13(2)10-14(16)3/h7-8,10-12,17H,4-6,9H2,1-3H3. The maximum Gasteiger partial charge on any atom is 0.0674 e. The summed E-state index contributed by atoms with van der Waals surface area (Å²) in [6.07, 6.45) is 6.36. The molecular formula is C16H23N3. The van der Waals surface area contributed by atoms with Crippen molar-refractivity contribution in [2.24, 2.45) is 0 Å². The van der Waals surface area contributed by atoms with E-state index in [4.69, 9.17) is 0 Å². The van der Waals surface area contributed by atoms with Crippen LogP contribution in [0.3, 0.4) is 0 Å². The van der Waals surface area contributed by atoms with Gasteiger partial charge in [-0.15, -0.1) is 0 Å². The van der Waals surface area contributed by atoms with Gasteiger partial charge in [0.05, 0.1) is 11.9 Å². The molecule has 0 saturated carbocycles. The minimum Gasteiger partial charge on any atom is -0.317 e. The molecule has 0 spiro atoms. The second kappa shape index (κ2) is 6.53. The smallest absolute Gasteiger partial charge is 0.0674 e.